The van der Waals surface area contributed by atoms with E-state index in [9.17, 15) is 4.79 Å². The highest BCUT2D eigenvalue weighted by molar-refractivity contribution is 6.30. The van der Waals surface area contributed by atoms with Gasteiger partial charge in [-0.1, -0.05) is 16.8 Å². The first-order chi connectivity index (χ1) is 13.6. The van der Waals surface area contributed by atoms with Crippen molar-refractivity contribution in [2.75, 3.05) is 20.2 Å². The molecule has 2 heterocycles. The molecule has 0 aliphatic carbocycles. The van der Waals surface area contributed by atoms with Gasteiger partial charge in [-0.2, -0.15) is 4.98 Å². The summed E-state index contributed by atoms with van der Waals surface area (Å²) in [5.41, 5.74) is 1.54. The van der Waals surface area contributed by atoms with Gasteiger partial charge < -0.3 is 14.2 Å². The molecule has 0 unspecified atom stereocenters. The lowest BCUT2D eigenvalue weighted by Gasteiger charge is -2.30. The molecule has 1 saturated heterocycles. The maximum atomic E-state index is 12.6. The van der Waals surface area contributed by atoms with Gasteiger partial charge in [0.1, 0.15) is 5.75 Å². The Bertz CT molecular complexity index is 946. The number of amides is 1. The maximum absolute atomic E-state index is 12.6. The molecule has 1 aromatic heterocycles. The molecule has 3 aromatic rings. The number of methoxy groups -OCH3 is 1. The van der Waals surface area contributed by atoms with Crippen molar-refractivity contribution < 1.29 is 14.1 Å². The van der Waals surface area contributed by atoms with Gasteiger partial charge >= 0.3 is 0 Å². The van der Waals surface area contributed by atoms with E-state index in [1.54, 1.807) is 31.4 Å². The number of likely N-dealkylation sites (tertiary alicyclic amines) is 1. The number of rotatable bonds is 4. The Labute approximate surface area is 168 Å². The van der Waals surface area contributed by atoms with Crippen LogP contribution in [0.4, 0.5) is 0 Å². The van der Waals surface area contributed by atoms with Crippen molar-refractivity contribution in [3.63, 3.8) is 0 Å². The van der Waals surface area contributed by atoms with Gasteiger partial charge in [0.25, 0.3) is 5.91 Å². The normalized spacial score (nSPS) is 14.9. The molecule has 0 atom stereocenters. The van der Waals surface area contributed by atoms with Crippen molar-refractivity contribution in [3.8, 4) is 17.1 Å². The Morgan fingerprint density at radius 3 is 2.43 bits per heavy atom. The molecule has 7 heteroatoms. The molecule has 1 amide bonds. The van der Waals surface area contributed by atoms with Crippen molar-refractivity contribution in [2.45, 2.75) is 18.8 Å². The monoisotopic (exact) mass is 397 g/mol. The topological polar surface area (TPSA) is 68.5 Å². The Hall–Kier alpha value is -2.86. The molecule has 4 rings (SSSR count). The van der Waals surface area contributed by atoms with E-state index in [4.69, 9.17) is 20.9 Å². The molecule has 2 aromatic carbocycles. The number of aromatic nitrogens is 2. The molecule has 1 aliphatic rings. The highest BCUT2D eigenvalue weighted by Crippen LogP contribution is 2.29. The van der Waals surface area contributed by atoms with E-state index in [0.29, 0.717) is 35.4 Å². The number of benzene rings is 2. The Morgan fingerprint density at radius 1 is 1.11 bits per heavy atom. The Kier molecular flexibility index (Phi) is 5.30. The fourth-order valence-electron chi connectivity index (χ4n) is 3.36. The lowest BCUT2D eigenvalue weighted by atomic mass is 9.96. The molecule has 1 aliphatic heterocycles. The highest BCUT2D eigenvalue weighted by Gasteiger charge is 2.28. The van der Waals surface area contributed by atoms with Crippen molar-refractivity contribution in [1.29, 1.82) is 0 Å². The summed E-state index contributed by atoms with van der Waals surface area (Å²) >= 11 is 5.90. The van der Waals surface area contributed by atoms with E-state index in [2.05, 4.69) is 10.1 Å². The summed E-state index contributed by atoms with van der Waals surface area (Å²) in [7, 11) is 1.63. The molecule has 1 fully saturated rings. The smallest absolute Gasteiger partial charge is 0.253 e. The third kappa shape index (κ3) is 3.87. The number of carbonyl (C=O) groups is 1. The highest BCUT2D eigenvalue weighted by atomic mass is 35.5. The predicted molar refractivity (Wildman–Crippen MR) is 106 cm³/mol. The van der Waals surface area contributed by atoms with Crippen LogP contribution in [0, 0.1) is 0 Å². The molecule has 0 bridgehead atoms. The zero-order valence-corrected chi connectivity index (χ0v) is 16.2. The van der Waals surface area contributed by atoms with Crippen LogP contribution < -0.4 is 4.74 Å². The van der Waals surface area contributed by atoms with Crippen molar-refractivity contribution in [1.82, 2.24) is 15.0 Å². The molecule has 28 heavy (non-hydrogen) atoms. The van der Waals surface area contributed by atoms with Gasteiger partial charge in [0.15, 0.2) is 0 Å². The number of halogens is 1. The van der Waals surface area contributed by atoms with Crippen LogP contribution in [0.1, 0.15) is 35.0 Å². The minimum absolute atomic E-state index is 0.0274. The second kappa shape index (κ2) is 8.02. The molecule has 0 saturated carbocycles. The van der Waals surface area contributed by atoms with Crippen LogP contribution in [0.25, 0.3) is 11.4 Å². The van der Waals surface area contributed by atoms with Crippen LogP contribution in [0.2, 0.25) is 5.02 Å². The van der Waals surface area contributed by atoms with Gasteiger partial charge in [0.05, 0.1) is 7.11 Å². The summed E-state index contributed by atoms with van der Waals surface area (Å²) < 4.78 is 10.7. The van der Waals surface area contributed by atoms with Gasteiger partial charge in [-0.05, 0) is 61.4 Å². The zero-order valence-electron chi connectivity index (χ0n) is 15.5. The van der Waals surface area contributed by atoms with E-state index in [0.717, 1.165) is 24.2 Å². The van der Waals surface area contributed by atoms with Crippen LogP contribution in [0.15, 0.2) is 53.1 Å². The zero-order chi connectivity index (χ0) is 19.5. The quantitative estimate of drug-likeness (QED) is 0.651. The first kappa shape index (κ1) is 18.5. The van der Waals surface area contributed by atoms with E-state index in [1.165, 1.54) is 0 Å². The second-order valence-electron chi connectivity index (χ2n) is 6.76. The minimum Gasteiger partial charge on any atom is -0.497 e. The predicted octanol–water partition coefficient (Wildman–Crippen LogP) is 4.42. The molecule has 144 valence electrons. The first-order valence-corrected chi connectivity index (χ1v) is 9.54. The van der Waals surface area contributed by atoms with E-state index < -0.39 is 0 Å². The SMILES string of the molecule is COc1ccc(-c2noc(C3CCN(C(=O)c4ccc(Cl)cc4)CC3)n2)cc1. The molecular formula is C21H20ClN3O3. The van der Waals surface area contributed by atoms with Crippen LogP contribution >= 0.6 is 11.6 Å². The van der Waals surface area contributed by atoms with E-state index in [-0.39, 0.29) is 11.8 Å². The van der Waals surface area contributed by atoms with Crippen molar-refractivity contribution in [2.24, 2.45) is 0 Å². The third-order valence-corrected chi connectivity index (χ3v) is 5.26. The summed E-state index contributed by atoms with van der Waals surface area (Å²) in [6.45, 7) is 1.32. The number of nitrogens with zero attached hydrogens (tertiary/aromatic N) is 3. The third-order valence-electron chi connectivity index (χ3n) is 5.01. The standard InChI is InChI=1S/C21H20ClN3O3/c1-27-18-8-4-14(5-9-18)19-23-20(28-24-19)15-10-12-25(13-11-15)21(26)16-2-6-17(22)7-3-16/h2-9,15H,10-13H2,1H3. The average Bonchev–Trinajstić information content (AvgIpc) is 3.24. The lowest BCUT2D eigenvalue weighted by molar-refractivity contribution is 0.0704. The van der Waals surface area contributed by atoms with Crippen LogP contribution in [-0.4, -0.2) is 41.1 Å². The summed E-state index contributed by atoms with van der Waals surface area (Å²) in [6, 6.07) is 14.5. The molecule has 0 spiro atoms. The molecule has 0 radical (unpaired) electrons. The van der Waals surface area contributed by atoms with Crippen LogP contribution in [0.5, 0.6) is 5.75 Å². The van der Waals surface area contributed by atoms with Gasteiger partial charge in [-0.3, -0.25) is 4.79 Å². The van der Waals surface area contributed by atoms with Gasteiger partial charge in [0, 0.05) is 35.2 Å². The van der Waals surface area contributed by atoms with Gasteiger partial charge in [-0.25, -0.2) is 0 Å². The Balaban J connectivity index is 1.39. The number of piperidine rings is 1. The summed E-state index contributed by atoms with van der Waals surface area (Å²) in [5, 5.41) is 4.73. The lowest BCUT2D eigenvalue weighted by Crippen LogP contribution is -2.37. The van der Waals surface area contributed by atoms with Crippen LogP contribution in [0.3, 0.4) is 0 Å². The van der Waals surface area contributed by atoms with Gasteiger partial charge in [0.2, 0.25) is 11.7 Å². The first-order valence-electron chi connectivity index (χ1n) is 9.17. The maximum Gasteiger partial charge on any atom is 0.253 e. The number of hydrogen-bond acceptors (Lipinski definition) is 5. The summed E-state index contributed by atoms with van der Waals surface area (Å²) in [6.07, 6.45) is 1.59. The van der Waals surface area contributed by atoms with Crippen molar-refractivity contribution >= 4 is 17.5 Å². The summed E-state index contributed by atoms with van der Waals surface area (Å²) in [5.74, 6) is 2.17. The summed E-state index contributed by atoms with van der Waals surface area (Å²) in [4.78, 5) is 19.0. The van der Waals surface area contributed by atoms with E-state index >= 15 is 0 Å². The fraction of sp³-hybridized carbons (Fsp3) is 0.286. The van der Waals surface area contributed by atoms with Gasteiger partial charge in [-0.15, -0.1) is 0 Å². The minimum atomic E-state index is 0.0274. The molecular weight excluding hydrogens is 378 g/mol. The van der Waals surface area contributed by atoms with E-state index in [1.807, 2.05) is 29.2 Å². The number of ether oxygens (including phenoxy) is 1. The number of carbonyl (C=O) groups excluding carboxylic acids is 1. The average molecular weight is 398 g/mol. The molecule has 0 N–H and O–H groups in total. The Morgan fingerprint density at radius 2 is 1.79 bits per heavy atom. The number of hydrogen-bond donors (Lipinski definition) is 0. The largest absolute Gasteiger partial charge is 0.497 e. The van der Waals surface area contributed by atoms with Crippen LogP contribution in [-0.2, 0) is 0 Å². The second-order valence-corrected chi connectivity index (χ2v) is 7.19. The van der Waals surface area contributed by atoms with Crippen molar-refractivity contribution in [3.05, 3.63) is 65.0 Å². The fourth-order valence-corrected chi connectivity index (χ4v) is 3.49. The molecule has 6 nitrogen and oxygen atoms in total.